The van der Waals surface area contributed by atoms with Gasteiger partial charge in [0.2, 0.25) is 5.91 Å². The number of hydrogen-bond acceptors (Lipinski definition) is 3. The lowest BCUT2D eigenvalue weighted by Gasteiger charge is -2.15. The fourth-order valence-corrected chi connectivity index (χ4v) is 2.07. The number of carboxylic acid groups (broad SMARTS) is 1. The quantitative estimate of drug-likeness (QED) is 0.819. The molecule has 0 heterocycles. The zero-order chi connectivity index (χ0) is 14.3. The molecule has 0 aliphatic heterocycles. The van der Waals surface area contributed by atoms with Gasteiger partial charge in [-0.05, 0) is 30.5 Å². The zero-order valence-electron chi connectivity index (χ0n) is 11.4. The molecular formula is C15H20NO3-. The van der Waals surface area contributed by atoms with Crippen LogP contribution < -0.4 is 10.4 Å². The molecule has 1 amide bonds. The highest BCUT2D eigenvalue weighted by molar-refractivity contribution is 5.94. The van der Waals surface area contributed by atoms with Gasteiger partial charge in [-0.2, -0.15) is 0 Å². The Labute approximate surface area is 113 Å². The molecule has 0 bridgehead atoms. The number of rotatable bonds is 7. The average molecular weight is 262 g/mol. The highest BCUT2D eigenvalue weighted by Gasteiger charge is 2.16. The Balaban J connectivity index is 2.74. The van der Waals surface area contributed by atoms with Gasteiger partial charge in [0.25, 0.3) is 0 Å². The number of anilines is 1. The molecule has 1 aromatic carbocycles. The van der Waals surface area contributed by atoms with Gasteiger partial charge in [0.1, 0.15) is 0 Å². The lowest BCUT2D eigenvalue weighted by molar-refractivity contribution is -0.255. The van der Waals surface area contributed by atoms with Crippen molar-refractivity contribution < 1.29 is 14.7 Å². The number of amides is 1. The molecule has 1 aromatic rings. The number of benzene rings is 1. The van der Waals surface area contributed by atoms with Crippen LogP contribution in [0.25, 0.3) is 0 Å². The summed E-state index contributed by atoms with van der Waals surface area (Å²) in [6.45, 7) is 4.10. The normalized spacial score (nSPS) is 10.5. The Bertz CT molecular complexity index is 437. The summed E-state index contributed by atoms with van der Waals surface area (Å²) in [5, 5.41) is 13.5. The van der Waals surface area contributed by atoms with Gasteiger partial charge < -0.3 is 15.2 Å². The SMILES string of the molecule is CCCC(CCC)C(=O)Nc1cccc(C(=O)[O-])c1. The molecule has 104 valence electrons. The van der Waals surface area contributed by atoms with Crippen molar-refractivity contribution in [3.05, 3.63) is 29.8 Å². The van der Waals surface area contributed by atoms with E-state index in [1.54, 1.807) is 12.1 Å². The first-order valence-corrected chi connectivity index (χ1v) is 6.70. The molecule has 0 saturated heterocycles. The summed E-state index contributed by atoms with van der Waals surface area (Å²) in [5.41, 5.74) is 0.573. The van der Waals surface area contributed by atoms with Crippen LogP contribution in [0.15, 0.2) is 24.3 Å². The van der Waals surface area contributed by atoms with E-state index in [-0.39, 0.29) is 17.4 Å². The fraction of sp³-hybridized carbons (Fsp3) is 0.467. The van der Waals surface area contributed by atoms with Crippen LogP contribution in [0.2, 0.25) is 0 Å². The van der Waals surface area contributed by atoms with Gasteiger partial charge in [-0.15, -0.1) is 0 Å². The first kappa shape index (κ1) is 15.2. The zero-order valence-corrected chi connectivity index (χ0v) is 11.4. The van der Waals surface area contributed by atoms with Gasteiger partial charge >= 0.3 is 0 Å². The Morgan fingerprint density at radius 3 is 2.37 bits per heavy atom. The summed E-state index contributed by atoms with van der Waals surface area (Å²) in [6, 6.07) is 6.14. The maximum Gasteiger partial charge on any atom is 0.227 e. The van der Waals surface area contributed by atoms with Gasteiger partial charge in [0, 0.05) is 11.6 Å². The number of carbonyl (C=O) groups is 2. The lowest BCUT2D eigenvalue weighted by atomic mass is 9.97. The summed E-state index contributed by atoms with van der Waals surface area (Å²) in [4.78, 5) is 22.9. The van der Waals surface area contributed by atoms with Crippen LogP contribution in [0.1, 0.15) is 49.9 Å². The van der Waals surface area contributed by atoms with Crippen LogP contribution in [0, 0.1) is 5.92 Å². The average Bonchev–Trinajstić information content (AvgIpc) is 2.38. The van der Waals surface area contributed by atoms with Gasteiger partial charge in [-0.3, -0.25) is 4.79 Å². The van der Waals surface area contributed by atoms with Crippen molar-refractivity contribution in [1.82, 2.24) is 0 Å². The van der Waals surface area contributed by atoms with Crippen LogP contribution >= 0.6 is 0 Å². The van der Waals surface area contributed by atoms with E-state index in [2.05, 4.69) is 5.32 Å². The summed E-state index contributed by atoms with van der Waals surface area (Å²) >= 11 is 0. The Morgan fingerprint density at radius 1 is 1.21 bits per heavy atom. The van der Waals surface area contributed by atoms with Gasteiger partial charge in [-0.25, -0.2) is 0 Å². The van der Waals surface area contributed by atoms with E-state index in [4.69, 9.17) is 0 Å². The molecule has 0 aromatic heterocycles. The lowest BCUT2D eigenvalue weighted by Crippen LogP contribution is -2.24. The van der Waals surface area contributed by atoms with Crippen molar-refractivity contribution in [3.63, 3.8) is 0 Å². The highest BCUT2D eigenvalue weighted by atomic mass is 16.4. The third kappa shape index (κ3) is 4.73. The van der Waals surface area contributed by atoms with Crippen molar-refractivity contribution in [1.29, 1.82) is 0 Å². The van der Waals surface area contributed by atoms with Crippen molar-refractivity contribution >= 4 is 17.6 Å². The Kier molecular flexibility index (Phi) is 6.06. The minimum Gasteiger partial charge on any atom is -0.545 e. The Morgan fingerprint density at radius 2 is 1.84 bits per heavy atom. The minimum absolute atomic E-state index is 0.0124. The van der Waals surface area contributed by atoms with Gasteiger partial charge in [-0.1, -0.05) is 38.8 Å². The number of aromatic carboxylic acids is 1. The monoisotopic (exact) mass is 262 g/mol. The van der Waals surface area contributed by atoms with Gasteiger partial charge in [0.05, 0.1) is 5.97 Å². The van der Waals surface area contributed by atoms with Crippen LogP contribution in [-0.2, 0) is 4.79 Å². The Hall–Kier alpha value is -1.84. The predicted octanol–water partition coefficient (Wildman–Crippen LogP) is 2.21. The molecule has 19 heavy (non-hydrogen) atoms. The minimum atomic E-state index is -1.24. The fourth-order valence-electron chi connectivity index (χ4n) is 2.07. The van der Waals surface area contributed by atoms with Crippen LogP contribution in [0.3, 0.4) is 0 Å². The molecule has 0 unspecified atom stereocenters. The summed E-state index contributed by atoms with van der Waals surface area (Å²) < 4.78 is 0. The molecule has 1 N–H and O–H groups in total. The molecule has 0 atom stereocenters. The van der Waals surface area contributed by atoms with E-state index >= 15 is 0 Å². The van der Waals surface area contributed by atoms with Crippen LogP contribution in [0.5, 0.6) is 0 Å². The van der Waals surface area contributed by atoms with E-state index in [1.807, 2.05) is 13.8 Å². The van der Waals surface area contributed by atoms with E-state index in [1.165, 1.54) is 12.1 Å². The first-order valence-electron chi connectivity index (χ1n) is 6.70. The molecule has 4 heteroatoms. The van der Waals surface area contributed by atoms with Crippen LogP contribution in [0.4, 0.5) is 5.69 Å². The maximum absolute atomic E-state index is 12.1. The third-order valence-electron chi connectivity index (χ3n) is 3.01. The number of carboxylic acids is 1. The van der Waals surface area contributed by atoms with E-state index in [0.717, 1.165) is 25.7 Å². The second-order valence-electron chi connectivity index (χ2n) is 4.63. The largest absolute Gasteiger partial charge is 0.545 e. The van der Waals surface area contributed by atoms with Gasteiger partial charge in [0.15, 0.2) is 0 Å². The molecule has 0 radical (unpaired) electrons. The van der Waals surface area contributed by atoms with Crippen molar-refractivity contribution in [2.24, 2.45) is 5.92 Å². The number of hydrogen-bond donors (Lipinski definition) is 1. The van der Waals surface area contributed by atoms with Crippen molar-refractivity contribution in [2.45, 2.75) is 39.5 Å². The maximum atomic E-state index is 12.1. The highest BCUT2D eigenvalue weighted by Crippen LogP contribution is 2.17. The number of nitrogens with one attached hydrogen (secondary N) is 1. The van der Waals surface area contributed by atoms with E-state index < -0.39 is 5.97 Å². The molecule has 0 spiro atoms. The predicted molar refractivity (Wildman–Crippen MR) is 72.7 cm³/mol. The van der Waals surface area contributed by atoms with E-state index in [9.17, 15) is 14.7 Å². The van der Waals surface area contributed by atoms with Crippen LogP contribution in [-0.4, -0.2) is 11.9 Å². The second-order valence-corrected chi connectivity index (χ2v) is 4.63. The summed E-state index contributed by atoms with van der Waals surface area (Å²) in [6.07, 6.45) is 3.61. The molecular weight excluding hydrogens is 242 g/mol. The summed E-state index contributed by atoms with van der Waals surface area (Å²) in [7, 11) is 0. The smallest absolute Gasteiger partial charge is 0.227 e. The van der Waals surface area contributed by atoms with Crippen molar-refractivity contribution in [3.8, 4) is 0 Å². The first-order chi connectivity index (χ1) is 9.08. The molecule has 0 saturated carbocycles. The molecule has 1 rings (SSSR count). The number of carbonyl (C=O) groups excluding carboxylic acids is 2. The van der Waals surface area contributed by atoms with Crippen molar-refractivity contribution in [2.75, 3.05) is 5.32 Å². The third-order valence-corrected chi connectivity index (χ3v) is 3.01. The molecule has 0 aliphatic carbocycles. The molecule has 0 fully saturated rings. The standard InChI is InChI=1S/C15H21NO3/c1-3-6-11(7-4-2)14(17)16-13-9-5-8-12(10-13)15(18)19/h5,8-11H,3-4,6-7H2,1-2H3,(H,16,17)(H,18,19)/p-1. The summed E-state index contributed by atoms with van der Waals surface area (Å²) in [5.74, 6) is -1.30. The van der Waals surface area contributed by atoms with E-state index in [0.29, 0.717) is 5.69 Å². The molecule has 4 nitrogen and oxygen atoms in total. The molecule has 0 aliphatic rings. The second kappa shape index (κ2) is 7.56. The topological polar surface area (TPSA) is 69.2 Å².